The van der Waals surface area contributed by atoms with Gasteiger partial charge in [0.2, 0.25) is 10.0 Å². The Labute approximate surface area is 171 Å². The van der Waals surface area contributed by atoms with Crippen LogP contribution in [0.3, 0.4) is 0 Å². The maximum Gasteiger partial charge on any atom is 0.291 e. The van der Waals surface area contributed by atoms with E-state index in [0.29, 0.717) is 11.4 Å². The number of anilines is 1. The summed E-state index contributed by atoms with van der Waals surface area (Å²) in [5, 5.41) is 2.83. The Balaban J connectivity index is 1.71. The van der Waals surface area contributed by atoms with Crippen molar-refractivity contribution in [1.82, 2.24) is 4.31 Å². The molecule has 0 aliphatic heterocycles. The molecule has 0 radical (unpaired) electrons. The van der Waals surface area contributed by atoms with Crippen molar-refractivity contribution in [2.24, 2.45) is 0 Å². The molecule has 0 saturated carbocycles. The van der Waals surface area contributed by atoms with Gasteiger partial charge in [0.25, 0.3) is 5.91 Å². The quantitative estimate of drug-likeness (QED) is 0.655. The third kappa shape index (κ3) is 4.75. The first-order valence-electron chi connectivity index (χ1n) is 9.17. The van der Waals surface area contributed by atoms with E-state index in [0.717, 1.165) is 16.7 Å². The molecule has 0 saturated heterocycles. The third-order valence-corrected chi connectivity index (χ3v) is 6.45. The van der Waals surface area contributed by atoms with Gasteiger partial charge in [-0.05, 0) is 62.2 Å². The lowest BCUT2D eigenvalue weighted by molar-refractivity contribution is 0.0994. The van der Waals surface area contributed by atoms with E-state index in [1.807, 2.05) is 39.0 Å². The molecule has 2 aromatic carbocycles. The zero-order valence-corrected chi connectivity index (χ0v) is 17.7. The van der Waals surface area contributed by atoms with Gasteiger partial charge in [-0.2, -0.15) is 4.31 Å². The number of hydrogen-bond donors (Lipinski definition) is 1. The molecule has 0 aliphatic carbocycles. The first-order valence-corrected chi connectivity index (χ1v) is 10.6. The number of furan rings is 1. The van der Waals surface area contributed by atoms with Crippen molar-refractivity contribution in [3.05, 3.63) is 82.8 Å². The average molecular weight is 413 g/mol. The van der Waals surface area contributed by atoms with Gasteiger partial charge >= 0.3 is 0 Å². The maximum absolute atomic E-state index is 12.7. The second-order valence-corrected chi connectivity index (χ2v) is 9.16. The average Bonchev–Trinajstić information content (AvgIpc) is 3.13. The Morgan fingerprint density at radius 3 is 2.31 bits per heavy atom. The van der Waals surface area contributed by atoms with Crippen LogP contribution in [0.4, 0.5) is 5.69 Å². The molecule has 0 bridgehead atoms. The molecule has 1 aromatic heterocycles. The molecule has 0 atom stereocenters. The fraction of sp³-hybridized carbons (Fsp3) is 0.227. The van der Waals surface area contributed by atoms with Crippen LogP contribution in [0, 0.1) is 20.8 Å². The van der Waals surface area contributed by atoms with Gasteiger partial charge in [0.15, 0.2) is 5.76 Å². The number of rotatable bonds is 6. The number of aryl methyl sites for hydroxylation is 3. The first kappa shape index (κ1) is 20.8. The van der Waals surface area contributed by atoms with Crippen LogP contribution >= 0.6 is 0 Å². The van der Waals surface area contributed by atoms with Crippen molar-refractivity contribution in [2.75, 3.05) is 12.4 Å². The zero-order chi connectivity index (χ0) is 21.2. The topological polar surface area (TPSA) is 79.6 Å². The van der Waals surface area contributed by atoms with Crippen LogP contribution in [0.2, 0.25) is 0 Å². The molecule has 1 amide bonds. The summed E-state index contributed by atoms with van der Waals surface area (Å²) in [6, 6.07) is 15.6. The van der Waals surface area contributed by atoms with E-state index in [1.165, 1.54) is 11.4 Å². The SMILES string of the molecule is Cc1ccc(S(=O)(=O)N(C)Cc2ccc(C(=O)Nc3cc(C)ccc3C)o2)cc1. The Morgan fingerprint density at radius 1 is 0.966 bits per heavy atom. The second-order valence-electron chi connectivity index (χ2n) is 7.11. The molecule has 7 heteroatoms. The van der Waals surface area contributed by atoms with E-state index in [2.05, 4.69) is 5.32 Å². The number of benzene rings is 2. The number of sulfonamides is 1. The molecular weight excluding hydrogens is 388 g/mol. The summed E-state index contributed by atoms with van der Waals surface area (Å²) < 4.78 is 32.2. The fourth-order valence-electron chi connectivity index (χ4n) is 2.83. The molecule has 1 heterocycles. The second kappa shape index (κ2) is 8.23. The van der Waals surface area contributed by atoms with E-state index in [1.54, 1.807) is 36.4 Å². The van der Waals surface area contributed by atoms with E-state index >= 15 is 0 Å². The normalized spacial score (nSPS) is 11.6. The van der Waals surface area contributed by atoms with Crippen LogP contribution in [0.15, 0.2) is 63.9 Å². The summed E-state index contributed by atoms with van der Waals surface area (Å²) in [6.07, 6.45) is 0. The highest BCUT2D eigenvalue weighted by Crippen LogP contribution is 2.20. The molecule has 29 heavy (non-hydrogen) atoms. The van der Waals surface area contributed by atoms with Crippen LogP contribution in [-0.2, 0) is 16.6 Å². The summed E-state index contributed by atoms with van der Waals surface area (Å²) >= 11 is 0. The van der Waals surface area contributed by atoms with E-state index in [-0.39, 0.29) is 23.1 Å². The van der Waals surface area contributed by atoms with Gasteiger partial charge in [-0.1, -0.05) is 29.8 Å². The number of carbonyl (C=O) groups is 1. The Kier molecular flexibility index (Phi) is 5.91. The van der Waals surface area contributed by atoms with Crippen LogP contribution in [-0.4, -0.2) is 25.7 Å². The molecule has 3 aromatic rings. The predicted molar refractivity (Wildman–Crippen MR) is 112 cm³/mol. The van der Waals surface area contributed by atoms with E-state index in [9.17, 15) is 13.2 Å². The standard InChI is InChI=1S/C22H24N2O4S/c1-15-6-10-19(11-7-15)29(26,27)24(4)14-18-9-12-21(28-18)22(25)23-20-13-16(2)5-8-17(20)3/h5-13H,14H2,1-4H3,(H,23,25). The molecule has 3 rings (SSSR count). The highest BCUT2D eigenvalue weighted by molar-refractivity contribution is 7.89. The van der Waals surface area contributed by atoms with Crippen molar-refractivity contribution in [2.45, 2.75) is 32.2 Å². The van der Waals surface area contributed by atoms with Gasteiger partial charge in [0.05, 0.1) is 11.4 Å². The smallest absolute Gasteiger partial charge is 0.291 e. The van der Waals surface area contributed by atoms with Crippen molar-refractivity contribution in [1.29, 1.82) is 0 Å². The van der Waals surface area contributed by atoms with E-state index in [4.69, 9.17) is 4.42 Å². The summed E-state index contributed by atoms with van der Waals surface area (Å²) in [5.74, 6) is 0.130. The highest BCUT2D eigenvalue weighted by atomic mass is 32.2. The largest absolute Gasteiger partial charge is 0.455 e. The molecule has 0 spiro atoms. The molecule has 0 fully saturated rings. The van der Waals surface area contributed by atoms with Crippen LogP contribution in [0.1, 0.15) is 33.0 Å². The molecular formula is C22H24N2O4S. The van der Waals surface area contributed by atoms with Crippen LogP contribution in [0.5, 0.6) is 0 Å². The van der Waals surface area contributed by atoms with Gasteiger partial charge in [-0.15, -0.1) is 0 Å². The molecule has 1 N–H and O–H groups in total. The van der Waals surface area contributed by atoms with Crippen molar-refractivity contribution < 1.29 is 17.6 Å². The molecule has 6 nitrogen and oxygen atoms in total. The van der Waals surface area contributed by atoms with E-state index < -0.39 is 10.0 Å². The minimum Gasteiger partial charge on any atom is -0.455 e. The third-order valence-electron chi connectivity index (χ3n) is 4.63. The Morgan fingerprint density at radius 2 is 1.62 bits per heavy atom. The van der Waals surface area contributed by atoms with Crippen molar-refractivity contribution in [3.8, 4) is 0 Å². The number of nitrogens with one attached hydrogen (secondary N) is 1. The predicted octanol–water partition coefficient (Wildman–Crippen LogP) is 4.28. The van der Waals surface area contributed by atoms with Gasteiger partial charge in [-0.25, -0.2) is 8.42 Å². The number of carbonyl (C=O) groups excluding carboxylic acids is 1. The van der Waals surface area contributed by atoms with Gasteiger partial charge < -0.3 is 9.73 Å². The van der Waals surface area contributed by atoms with Gasteiger partial charge in [0, 0.05) is 12.7 Å². The van der Waals surface area contributed by atoms with Gasteiger partial charge in [-0.3, -0.25) is 4.79 Å². The lowest BCUT2D eigenvalue weighted by atomic mass is 10.1. The van der Waals surface area contributed by atoms with Crippen molar-refractivity contribution in [3.63, 3.8) is 0 Å². The Hall–Kier alpha value is -2.90. The molecule has 0 aliphatic rings. The fourth-order valence-corrected chi connectivity index (χ4v) is 3.97. The minimum atomic E-state index is -3.65. The molecule has 0 unspecified atom stereocenters. The lowest BCUT2D eigenvalue weighted by Crippen LogP contribution is -2.26. The monoisotopic (exact) mass is 412 g/mol. The molecule has 152 valence electrons. The lowest BCUT2D eigenvalue weighted by Gasteiger charge is -2.16. The summed E-state index contributed by atoms with van der Waals surface area (Å²) in [6.45, 7) is 5.78. The maximum atomic E-state index is 12.7. The number of hydrogen-bond acceptors (Lipinski definition) is 4. The minimum absolute atomic E-state index is 0.0208. The zero-order valence-electron chi connectivity index (χ0n) is 16.9. The van der Waals surface area contributed by atoms with Crippen LogP contribution < -0.4 is 5.32 Å². The number of nitrogens with zero attached hydrogens (tertiary/aromatic N) is 1. The number of amides is 1. The first-order chi connectivity index (χ1) is 13.7. The van der Waals surface area contributed by atoms with Crippen molar-refractivity contribution >= 4 is 21.6 Å². The summed E-state index contributed by atoms with van der Waals surface area (Å²) in [5.41, 5.74) is 3.68. The van der Waals surface area contributed by atoms with Gasteiger partial charge in [0.1, 0.15) is 5.76 Å². The highest BCUT2D eigenvalue weighted by Gasteiger charge is 2.22. The summed E-state index contributed by atoms with van der Waals surface area (Å²) in [7, 11) is -2.17. The Bertz CT molecular complexity index is 1130. The summed E-state index contributed by atoms with van der Waals surface area (Å²) in [4.78, 5) is 12.7. The van der Waals surface area contributed by atoms with Crippen LogP contribution in [0.25, 0.3) is 0 Å².